The minimum atomic E-state index is -5.21. The van der Waals surface area contributed by atoms with E-state index in [-0.39, 0.29) is 22.9 Å². The second-order valence-electron chi connectivity index (χ2n) is 4.30. The fraction of sp³-hybridized carbons (Fsp3) is 0. The van der Waals surface area contributed by atoms with Crippen LogP contribution in [0.1, 0.15) is 5.56 Å². The Hall–Kier alpha value is -2.45. The number of hydrogen-bond donors (Lipinski definition) is 0. The first-order chi connectivity index (χ1) is 10.7. The molecule has 0 atom stereocenters. The number of aliphatic imine (C=N–C) groups is 1. The zero-order chi connectivity index (χ0) is 17.2. The first-order valence-corrected chi connectivity index (χ1v) is 7.36. The third kappa shape index (κ3) is 4.30. The molecule has 123 valence electrons. The van der Waals surface area contributed by atoms with Gasteiger partial charge in [-0.25, -0.2) is 8.42 Å². The maximum absolute atomic E-state index is 11.9. The topological polar surface area (TPSA) is 159 Å². The van der Waals surface area contributed by atoms with Crippen molar-refractivity contribution < 1.29 is 45.5 Å². The van der Waals surface area contributed by atoms with Crippen LogP contribution in [0.5, 0.6) is 11.5 Å². The number of non-ortho nitro benzene ring substituents is 1. The van der Waals surface area contributed by atoms with Crippen molar-refractivity contribution in [3.05, 3.63) is 52.1 Å². The predicted octanol–water partition coefficient (Wildman–Crippen LogP) is 0.394. The van der Waals surface area contributed by atoms with Crippen LogP contribution < -0.4 is 10.2 Å². The molecule has 24 heavy (non-hydrogen) atoms. The van der Waals surface area contributed by atoms with Gasteiger partial charge in [0.2, 0.25) is 0 Å². The Kier molecular flexibility index (Phi) is 6.06. The van der Waals surface area contributed by atoms with Crippen LogP contribution in [0, 0.1) is 10.1 Å². The minimum absolute atomic E-state index is 0. The Morgan fingerprint density at radius 3 is 2.29 bits per heavy atom. The van der Waals surface area contributed by atoms with E-state index in [0.29, 0.717) is 6.07 Å². The van der Waals surface area contributed by atoms with E-state index in [1.807, 2.05) is 0 Å². The zero-order valence-corrected chi connectivity index (χ0v) is 13.7. The van der Waals surface area contributed by atoms with Gasteiger partial charge in [-0.2, -0.15) is 0 Å². The van der Waals surface area contributed by atoms with Crippen molar-refractivity contribution >= 4 is 27.7 Å². The number of nitro groups is 1. The third-order valence-electron chi connectivity index (χ3n) is 2.76. The third-order valence-corrected chi connectivity index (χ3v) is 3.60. The minimum Gasteiger partial charge on any atom is -0.872 e. The summed E-state index contributed by atoms with van der Waals surface area (Å²) in [5.41, 5.74) is -1.32. The first-order valence-electron chi connectivity index (χ1n) is 5.95. The molecular weight excluding hydrogens is 380 g/mol. The average molecular weight is 387 g/mol. The van der Waals surface area contributed by atoms with Gasteiger partial charge in [-0.1, -0.05) is 30.0 Å². The summed E-state index contributed by atoms with van der Waals surface area (Å²) in [6.45, 7) is 0. The normalized spacial score (nSPS) is 11.2. The van der Waals surface area contributed by atoms with Gasteiger partial charge in [0, 0.05) is 18.3 Å². The van der Waals surface area contributed by atoms with E-state index in [0.717, 1.165) is 12.3 Å². The van der Waals surface area contributed by atoms with Gasteiger partial charge < -0.3 is 14.8 Å². The van der Waals surface area contributed by atoms with Crippen LogP contribution in [-0.2, 0) is 27.5 Å². The summed E-state index contributed by atoms with van der Waals surface area (Å²) in [7, 11) is -5.21. The Labute approximate surface area is 146 Å². The molecular formula is C13H7CrN2O7S. The van der Waals surface area contributed by atoms with E-state index in [1.165, 1.54) is 24.3 Å². The summed E-state index contributed by atoms with van der Waals surface area (Å²) in [5, 5.41) is 34.2. The number of para-hydroxylation sites is 1. The van der Waals surface area contributed by atoms with Crippen molar-refractivity contribution in [2.24, 2.45) is 4.99 Å². The Morgan fingerprint density at radius 2 is 1.75 bits per heavy atom. The molecule has 0 aliphatic rings. The molecule has 2 rings (SSSR count). The van der Waals surface area contributed by atoms with E-state index >= 15 is 0 Å². The van der Waals surface area contributed by atoms with E-state index < -0.39 is 42.8 Å². The van der Waals surface area contributed by atoms with Gasteiger partial charge >= 0.3 is 17.4 Å². The maximum atomic E-state index is 11.9. The van der Waals surface area contributed by atoms with E-state index in [4.69, 9.17) is 0 Å². The smallest absolute Gasteiger partial charge is 0.872 e. The molecule has 0 spiro atoms. The predicted molar refractivity (Wildman–Crippen MR) is 73.6 cm³/mol. The summed E-state index contributed by atoms with van der Waals surface area (Å²) < 4.78 is 33.1. The molecule has 9 nitrogen and oxygen atoms in total. The molecule has 0 aliphatic carbocycles. The van der Waals surface area contributed by atoms with E-state index in [9.17, 15) is 33.3 Å². The maximum Gasteiger partial charge on any atom is 3.00 e. The van der Waals surface area contributed by atoms with Gasteiger partial charge in [0.1, 0.15) is 10.1 Å². The molecule has 0 saturated heterocycles. The van der Waals surface area contributed by atoms with Crippen LogP contribution in [0.2, 0.25) is 0 Å². The fourth-order valence-corrected chi connectivity index (χ4v) is 2.28. The molecule has 0 aliphatic heterocycles. The average Bonchev–Trinajstić information content (AvgIpc) is 2.46. The van der Waals surface area contributed by atoms with Gasteiger partial charge in [-0.05, 0) is 5.56 Å². The van der Waals surface area contributed by atoms with E-state index in [2.05, 4.69) is 4.99 Å². The van der Waals surface area contributed by atoms with Gasteiger partial charge in [0.25, 0.3) is 5.69 Å². The number of rotatable bonds is 4. The Morgan fingerprint density at radius 1 is 1.12 bits per heavy atom. The van der Waals surface area contributed by atoms with Crippen molar-refractivity contribution in [3.63, 3.8) is 0 Å². The largest absolute Gasteiger partial charge is 3.00 e. The molecule has 0 bridgehead atoms. The Bertz CT molecular complexity index is 913. The molecule has 0 heterocycles. The van der Waals surface area contributed by atoms with Crippen molar-refractivity contribution in [2.45, 2.75) is 4.90 Å². The quantitative estimate of drug-likeness (QED) is 0.317. The van der Waals surface area contributed by atoms with Crippen molar-refractivity contribution in [1.29, 1.82) is 0 Å². The first kappa shape index (κ1) is 19.6. The van der Waals surface area contributed by atoms with Gasteiger partial charge in [0.05, 0.1) is 15.5 Å². The molecule has 2 aromatic carbocycles. The molecule has 0 unspecified atom stereocenters. The second-order valence-corrected chi connectivity index (χ2v) is 5.65. The van der Waals surface area contributed by atoms with Crippen LogP contribution in [0.25, 0.3) is 0 Å². The van der Waals surface area contributed by atoms with Crippen LogP contribution in [-0.4, -0.2) is 24.1 Å². The molecule has 1 radical (unpaired) electrons. The zero-order valence-electron chi connectivity index (χ0n) is 11.6. The monoisotopic (exact) mass is 387 g/mol. The number of nitrogens with zero attached hydrogens (tertiary/aromatic N) is 2. The number of benzene rings is 2. The summed E-state index contributed by atoms with van der Waals surface area (Å²) in [4.78, 5) is 12.2. The van der Waals surface area contributed by atoms with Crippen molar-refractivity contribution in [1.82, 2.24) is 0 Å². The van der Waals surface area contributed by atoms with Crippen LogP contribution >= 0.6 is 0 Å². The Balaban J connectivity index is 0.00000288. The molecule has 0 N–H and O–H groups in total. The summed E-state index contributed by atoms with van der Waals surface area (Å²) >= 11 is 0. The molecule has 0 aromatic heterocycles. The number of hydrogen-bond acceptors (Lipinski definition) is 8. The van der Waals surface area contributed by atoms with Crippen LogP contribution in [0.15, 0.2) is 46.3 Å². The summed E-state index contributed by atoms with van der Waals surface area (Å²) in [5.74, 6) is -1.68. The number of nitro benzene ring substituents is 1. The summed E-state index contributed by atoms with van der Waals surface area (Å²) in [6.07, 6.45) is 0.962. The fourth-order valence-electron chi connectivity index (χ4n) is 1.69. The molecule has 0 amide bonds. The van der Waals surface area contributed by atoms with Gasteiger partial charge in [-0.3, -0.25) is 15.1 Å². The van der Waals surface area contributed by atoms with E-state index in [1.54, 1.807) is 0 Å². The molecule has 11 heteroatoms. The molecule has 2 aromatic rings. The van der Waals surface area contributed by atoms with Crippen molar-refractivity contribution in [3.8, 4) is 11.5 Å². The van der Waals surface area contributed by atoms with Gasteiger partial charge in [-0.15, -0.1) is 5.75 Å². The van der Waals surface area contributed by atoms with Gasteiger partial charge in [0.15, 0.2) is 0 Å². The molecule has 0 fully saturated rings. The molecule has 0 saturated carbocycles. The SMILES string of the molecule is O=[N+]([O-])c1cc(N=Cc2ccccc2[O-])c([O-])c(S(=O)(=O)[O-])c1.[Cr+3]. The van der Waals surface area contributed by atoms with Crippen molar-refractivity contribution in [2.75, 3.05) is 0 Å². The van der Waals surface area contributed by atoms with Crippen LogP contribution in [0.4, 0.5) is 11.4 Å². The second kappa shape index (κ2) is 7.41. The summed E-state index contributed by atoms with van der Waals surface area (Å²) in [6, 6.07) is 6.74. The van der Waals surface area contributed by atoms with Crippen LogP contribution in [0.3, 0.4) is 0 Å². The standard InChI is InChI=1S/C13H10N2O7S.Cr/c16-11-4-2-1-3-8(11)7-14-10-5-9(15(18)19)6-12(13(10)17)23(20,21)22;/h1-7,16-17H,(H,20,21,22);/q;+3/p-3.